The monoisotopic (exact) mass is 507 g/mol. The van der Waals surface area contributed by atoms with Crippen molar-refractivity contribution in [1.29, 1.82) is 0 Å². The number of fused-ring (bicyclic) bond motifs is 2. The number of ether oxygens (including phenoxy) is 2. The summed E-state index contributed by atoms with van der Waals surface area (Å²) in [6.45, 7) is 5.20. The molecule has 0 saturated heterocycles. The van der Waals surface area contributed by atoms with Gasteiger partial charge in [-0.15, -0.1) is 22.7 Å². The number of para-hydroxylation sites is 1. The van der Waals surface area contributed by atoms with Gasteiger partial charge in [0.15, 0.2) is 6.61 Å². The van der Waals surface area contributed by atoms with E-state index in [9.17, 15) is 9.59 Å². The van der Waals surface area contributed by atoms with Crippen LogP contribution in [0.5, 0.6) is 11.5 Å². The van der Waals surface area contributed by atoms with E-state index in [-0.39, 0.29) is 18.4 Å². The number of thiazole rings is 1. The summed E-state index contributed by atoms with van der Waals surface area (Å²) in [6.07, 6.45) is 0.731. The van der Waals surface area contributed by atoms with Crippen molar-refractivity contribution in [2.45, 2.75) is 26.8 Å². The zero-order valence-corrected chi connectivity index (χ0v) is 21.1. The highest BCUT2D eigenvalue weighted by molar-refractivity contribution is 7.22. The lowest BCUT2D eigenvalue weighted by Crippen LogP contribution is -2.33. The van der Waals surface area contributed by atoms with Gasteiger partial charge in [0, 0.05) is 23.9 Å². The van der Waals surface area contributed by atoms with Crippen molar-refractivity contribution in [1.82, 2.24) is 9.88 Å². The topological polar surface area (TPSA) is 80.8 Å². The normalized spacial score (nSPS) is 12.9. The highest BCUT2D eigenvalue weighted by atomic mass is 32.1. The van der Waals surface area contributed by atoms with Gasteiger partial charge in [0.05, 0.1) is 23.4 Å². The van der Waals surface area contributed by atoms with Gasteiger partial charge in [-0.05, 0) is 55.3 Å². The minimum absolute atomic E-state index is 0.0555. The van der Waals surface area contributed by atoms with Crippen LogP contribution in [0.15, 0.2) is 48.5 Å². The molecule has 0 radical (unpaired) electrons. The van der Waals surface area contributed by atoms with Gasteiger partial charge in [0.2, 0.25) is 5.91 Å². The number of amides is 2. The average molecular weight is 508 g/mol. The fraction of sp³-hybridized carbons (Fsp3) is 0.269. The number of thiophene rings is 1. The van der Waals surface area contributed by atoms with Crippen molar-refractivity contribution in [3.05, 3.63) is 59.0 Å². The van der Waals surface area contributed by atoms with E-state index >= 15 is 0 Å². The smallest absolute Gasteiger partial charge is 0.262 e. The molecule has 35 heavy (non-hydrogen) atoms. The number of rotatable bonds is 7. The second-order valence-corrected chi connectivity index (χ2v) is 10.3. The Labute approximate surface area is 211 Å². The molecule has 2 aromatic carbocycles. The molecule has 0 fully saturated rings. The summed E-state index contributed by atoms with van der Waals surface area (Å²) in [7, 11) is 0. The molecule has 3 heterocycles. The van der Waals surface area contributed by atoms with Gasteiger partial charge < -0.3 is 19.7 Å². The van der Waals surface area contributed by atoms with Crippen molar-refractivity contribution in [3.63, 3.8) is 0 Å². The van der Waals surface area contributed by atoms with Gasteiger partial charge in [-0.2, -0.15) is 0 Å². The Morgan fingerprint density at radius 3 is 2.51 bits per heavy atom. The van der Waals surface area contributed by atoms with Crippen LogP contribution in [0.25, 0.3) is 20.8 Å². The maximum absolute atomic E-state index is 12.9. The van der Waals surface area contributed by atoms with Crippen LogP contribution in [-0.2, 0) is 22.6 Å². The fourth-order valence-corrected chi connectivity index (χ4v) is 6.47. The molecular formula is C26H25N3O4S2. The Balaban J connectivity index is 1.39. The molecule has 5 rings (SSSR count). The number of hydrogen-bond acceptors (Lipinski definition) is 7. The van der Waals surface area contributed by atoms with Gasteiger partial charge in [-0.3, -0.25) is 9.59 Å². The third-order valence-electron chi connectivity index (χ3n) is 5.77. The first-order chi connectivity index (χ1) is 17.0. The largest absolute Gasteiger partial charge is 0.494 e. The summed E-state index contributed by atoms with van der Waals surface area (Å²) >= 11 is 3.13. The highest BCUT2D eigenvalue weighted by Gasteiger charge is 2.28. The van der Waals surface area contributed by atoms with E-state index in [0.29, 0.717) is 25.4 Å². The Morgan fingerprint density at radius 2 is 1.80 bits per heavy atom. The predicted molar refractivity (Wildman–Crippen MR) is 139 cm³/mol. The summed E-state index contributed by atoms with van der Waals surface area (Å²) in [5.74, 6) is 1.16. The molecule has 0 bridgehead atoms. The molecule has 7 nitrogen and oxygen atoms in total. The standard InChI is InChI=1S/C26H25N3O4S2/c1-3-32-17-8-10-18(11-9-17)33-15-23(31)28-26-24(25-27-20-6-4-5-7-21(20)34-25)19-12-13-29(16(2)30)14-22(19)35-26/h4-11H,3,12-15H2,1-2H3,(H,28,31). The molecule has 1 aliphatic rings. The van der Waals surface area contributed by atoms with Crippen LogP contribution in [0, 0.1) is 0 Å². The predicted octanol–water partition coefficient (Wildman–Crippen LogP) is 5.35. The van der Waals surface area contributed by atoms with Crippen LogP contribution >= 0.6 is 22.7 Å². The van der Waals surface area contributed by atoms with E-state index in [4.69, 9.17) is 14.5 Å². The molecule has 0 aliphatic carbocycles. The Hall–Kier alpha value is -3.43. The summed E-state index contributed by atoms with van der Waals surface area (Å²) in [5, 5.41) is 4.68. The number of hydrogen-bond donors (Lipinski definition) is 1. The minimum Gasteiger partial charge on any atom is -0.494 e. The van der Waals surface area contributed by atoms with Gasteiger partial charge in [0.1, 0.15) is 21.5 Å². The summed E-state index contributed by atoms with van der Waals surface area (Å²) in [6, 6.07) is 15.2. The second-order valence-electron chi connectivity index (χ2n) is 8.13. The first kappa shape index (κ1) is 23.3. The fourth-order valence-electron chi connectivity index (χ4n) is 4.08. The number of carbonyl (C=O) groups is 2. The Kier molecular flexibility index (Phi) is 6.70. The molecule has 9 heteroatoms. The first-order valence-corrected chi connectivity index (χ1v) is 13.1. The van der Waals surface area contributed by atoms with E-state index in [1.54, 1.807) is 30.4 Å². The molecule has 0 unspecified atom stereocenters. The summed E-state index contributed by atoms with van der Waals surface area (Å²) in [4.78, 5) is 32.6. The van der Waals surface area contributed by atoms with E-state index in [1.165, 1.54) is 11.3 Å². The molecule has 2 amide bonds. The number of benzene rings is 2. The molecule has 1 aliphatic heterocycles. The van der Waals surface area contributed by atoms with Crippen LogP contribution in [0.4, 0.5) is 5.00 Å². The van der Waals surface area contributed by atoms with Gasteiger partial charge in [-0.25, -0.2) is 4.98 Å². The van der Waals surface area contributed by atoms with Crippen LogP contribution in [-0.4, -0.2) is 41.5 Å². The molecule has 0 spiro atoms. The second kappa shape index (κ2) is 10.1. The number of anilines is 1. The van der Waals surface area contributed by atoms with Crippen LogP contribution < -0.4 is 14.8 Å². The third kappa shape index (κ3) is 5.01. The van der Waals surface area contributed by atoms with Crippen LogP contribution in [0.2, 0.25) is 0 Å². The number of nitrogens with zero attached hydrogens (tertiary/aromatic N) is 2. The van der Waals surface area contributed by atoms with Crippen molar-refractivity contribution in [3.8, 4) is 22.1 Å². The number of aromatic nitrogens is 1. The maximum Gasteiger partial charge on any atom is 0.262 e. The lowest BCUT2D eigenvalue weighted by Gasteiger charge is -2.26. The third-order valence-corrected chi connectivity index (χ3v) is 7.95. The minimum atomic E-state index is -0.247. The number of nitrogens with one attached hydrogen (secondary N) is 1. The van der Waals surface area contributed by atoms with Crippen LogP contribution in [0.3, 0.4) is 0 Å². The van der Waals surface area contributed by atoms with E-state index in [1.807, 2.05) is 42.2 Å². The molecule has 0 saturated carbocycles. The highest BCUT2D eigenvalue weighted by Crippen LogP contribution is 2.45. The SMILES string of the molecule is CCOc1ccc(OCC(=O)Nc2sc3c(c2-c2nc4ccccc4s2)CCN(C(C)=O)C3)cc1. The lowest BCUT2D eigenvalue weighted by atomic mass is 10.0. The first-order valence-electron chi connectivity index (χ1n) is 11.4. The summed E-state index contributed by atoms with van der Waals surface area (Å²) in [5.41, 5.74) is 3.06. The van der Waals surface area contributed by atoms with E-state index < -0.39 is 0 Å². The maximum atomic E-state index is 12.9. The quantitative estimate of drug-likeness (QED) is 0.365. The van der Waals surface area contributed by atoms with Crippen molar-refractivity contribution >= 4 is 49.7 Å². The van der Waals surface area contributed by atoms with Gasteiger partial charge >= 0.3 is 0 Å². The molecule has 4 aromatic rings. The molecule has 180 valence electrons. The van der Waals surface area contributed by atoms with Gasteiger partial charge in [-0.1, -0.05) is 12.1 Å². The molecule has 1 N–H and O–H groups in total. The lowest BCUT2D eigenvalue weighted by molar-refractivity contribution is -0.129. The Morgan fingerprint density at radius 1 is 1.06 bits per heavy atom. The molecular weight excluding hydrogens is 482 g/mol. The van der Waals surface area contributed by atoms with Crippen LogP contribution in [0.1, 0.15) is 24.3 Å². The van der Waals surface area contributed by atoms with Crippen molar-refractivity contribution in [2.24, 2.45) is 0 Å². The Bertz CT molecular complexity index is 1340. The van der Waals surface area contributed by atoms with Gasteiger partial charge in [0.25, 0.3) is 5.91 Å². The van der Waals surface area contributed by atoms with E-state index in [0.717, 1.165) is 48.4 Å². The van der Waals surface area contributed by atoms with Crippen molar-refractivity contribution in [2.75, 3.05) is 25.1 Å². The van der Waals surface area contributed by atoms with E-state index in [2.05, 4.69) is 11.4 Å². The average Bonchev–Trinajstić information content (AvgIpc) is 3.43. The zero-order chi connectivity index (χ0) is 24.4. The molecule has 0 atom stereocenters. The summed E-state index contributed by atoms with van der Waals surface area (Å²) < 4.78 is 12.2. The zero-order valence-electron chi connectivity index (χ0n) is 19.5. The number of carbonyl (C=O) groups excluding carboxylic acids is 2. The van der Waals surface area contributed by atoms with Crippen molar-refractivity contribution < 1.29 is 19.1 Å². The molecule has 2 aromatic heterocycles.